The Bertz CT molecular complexity index is 492. The van der Waals surface area contributed by atoms with E-state index in [1.807, 2.05) is 6.92 Å². The molecule has 1 N–H and O–H groups in total. The number of benzene rings is 1. The standard InChI is InChI=1S/C17H24F2N2/c1-11(12-6-7-16(18)17(19)8-12)20-13-9-14-4-3-5-15(10-13)21(14)2/h6-8,11,13-15,20H,3-5,9-10H2,1-2H3. The lowest BCUT2D eigenvalue weighted by Gasteiger charge is -2.47. The van der Waals surface area contributed by atoms with Crippen LogP contribution >= 0.6 is 0 Å². The molecule has 1 aromatic rings. The summed E-state index contributed by atoms with van der Waals surface area (Å²) in [4.78, 5) is 2.53. The fourth-order valence-corrected chi connectivity index (χ4v) is 3.98. The maximum atomic E-state index is 13.3. The molecule has 2 saturated heterocycles. The van der Waals surface area contributed by atoms with E-state index in [2.05, 4.69) is 17.3 Å². The van der Waals surface area contributed by atoms with E-state index >= 15 is 0 Å². The van der Waals surface area contributed by atoms with Gasteiger partial charge in [0, 0.05) is 24.2 Å². The summed E-state index contributed by atoms with van der Waals surface area (Å²) in [5.74, 6) is -1.54. The Balaban J connectivity index is 1.65. The Hall–Kier alpha value is -1.00. The first kappa shape index (κ1) is 14.9. The Morgan fingerprint density at radius 3 is 2.43 bits per heavy atom. The van der Waals surface area contributed by atoms with Crippen LogP contribution in [-0.2, 0) is 0 Å². The fraction of sp³-hybridized carbons (Fsp3) is 0.647. The Morgan fingerprint density at radius 1 is 1.14 bits per heavy atom. The third kappa shape index (κ3) is 3.11. The van der Waals surface area contributed by atoms with Gasteiger partial charge in [0.15, 0.2) is 11.6 Å². The molecule has 1 aromatic carbocycles. The van der Waals surface area contributed by atoms with Crippen LogP contribution in [0.15, 0.2) is 18.2 Å². The summed E-state index contributed by atoms with van der Waals surface area (Å²) in [6.45, 7) is 2.03. The molecule has 2 bridgehead atoms. The number of nitrogens with one attached hydrogen (secondary N) is 1. The normalized spacial score (nSPS) is 31.1. The lowest BCUT2D eigenvalue weighted by atomic mass is 9.82. The van der Waals surface area contributed by atoms with Crippen LogP contribution in [0.4, 0.5) is 8.78 Å². The molecule has 2 fully saturated rings. The Labute approximate surface area is 125 Å². The zero-order valence-electron chi connectivity index (χ0n) is 12.8. The molecule has 0 radical (unpaired) electrons. The molecule has 0 spiro atoms. The monoisotopic (exact) mass is 294 g/mol. The average Bonchev–Trinajstić information content (AvgIpc) is 2.43. The van der Waals surface area contributed by atoms with E-state index in [1.54, 1.807) is 6.07 Å². The van der Waals surface area contributed by atoms with Gasteiger partial charge in [-0.15, -0.1) is 0 Å². The molecule has 3 rings (SSSR count). The van der Waals surface area contributed by atoms with Crippen LogP contribution in [-0.4, -0.2) is 30.1 Å². The molecule has 0 saturated carbocycles. The highest BCUT2D eigenvalue weighted by atomic mass is 19.2. The summed E-state index contributed by atoms with van der Waals surface area (Å²) in [6, 6.07) is 6.06. The Morgan fingerprint density at radius 2 is 1.81 bits per heavy atom. The number of fused-ring (bicyclic) bond motifs is 2. The van der Waals surface area contributed by atoms with Gasteiger partial charge in [-0.2, -0.15) is 0 Å². The molecule has 0 aromatic heterocycles. The molecule has 4 heteroatoms. The van der Waals surface area contributed by atoms with Crippen molar-refractivity contribution in [3.8, 4) is 0 Å². The first-order valence-corrected chi connectivity index (χ1v) is 7.97. The van der Waals surface area contributed by atoms with Crippen molar-refractivity contribution in [2.75, 3.05) is 7.05 Å². The second-order valence-corrected chi connectivity index (χ2v) is 6.63. The first-order valence-electron chi connectivity index (χ1n) is 7.97. The molecule has 2 heterocycles. The van der Waals surface area contributed by atoms with Gasteiger partial charge in [-0.05, 0) is 57.4 Å². The van der Waals surface area contributed by atoms with Crippen LogP contribution in [0, 0.1) is 11.6 Å². The quantitative estimate of drug-likeness (QED) is 0.916. The summed E-state index contributed by atoms with van der Waals surface area (Å²) in [5, 5.41) is 3.62. The molecular formula is C17H24F2N2. The average molecular weight is 294 g/mol. The van der Waals surface area contributed by atoms with E-state index in [9.17, 15) is 8.78 Å². The number of rotatable bonds is 3. The highest BCUT2D eigenvalue weighted by Crippen LogP contribution is 2.33. The predicted molar refractivity (Wildman–Crippen MR) is 80.1 cm³/mol. The van der Waals surface area contributed by atoms with E-state index in [4.69, 9.17) is 0 Å². The topological polar surface area (TPSA) is 15.3 Å². The molecule has 116 valence electrons. The lowest BCUT2D eigenvalue weighted by Crippen LogP contribution is -2.54. The van der Waals surface area contributed by atoms with Crippen LogP contribution < -0.4 is 5.32 Å². The van der Waals surface area contributed by atoms with Crippen LogP contribution in [0.25, 0.3) is 0 Å². The number of halogens is 2. The summed E-state index contributed by atoms with van der Waals surface area (Å²) in [5.41, 5.74) is 0.818. The minimum absolute atomic E-state index is 0.0502. The third-order valence-corrected chi connectivity index (χ3v) is 5.27. The van der Waals surface area contributed by atoms with Crippen molar-refractivity contribution < 1.29 is 8.78 Å². The van der Waals surface area contributed by atoms with Gasteiger partial charge in [0.25, 0.3) is 0 Å². The van der Waals surface area contributed by atoms with Crippen LogP contribution in [0.3, 0.4) is 0 Å². The van der Waals surface area contributed by atoms with E-state index in [0.717, 1.165) is 18.4 Å². The van der Waals surface area contributed by atoms with Crippen molar-refractivity contribution in [3.05, 3.63) is 35.4 Å². The lowest BCUT2D eigenvalue weighted by molar-refractivity contribution is 0.0462. The molecule has 2 aliphatic rings. The van der Waals surface area contributed by atoms with E-state index in [-0.39, 0.29) is 6.04 Å². The summed E-state index contributed by atoms with van der Waals surface area (Å²) in [7, 11) is 2.24. The van der Waals surface area contributed by atoms with E-state index in [1.165, 1.54) is 31.4 Å². The van der Waals surface area contributed by atoms with Crippen LogP contribution in [0.2, 0.25) is 0 Å². The number of hydrogen-bond acceptors (Lipinski definition) is 2. The highest BCUT2D eigenvalue weighted by Gasteiger charge is 2.36. The largest absolute Gasteiger partial charge is 0.307 e. The maximum absolute atomic E-state index is 13.3. The maximum Gasteiger partial charge on any atom is 0.159 e. The summed E-state index contributed by atoms with van der Waals surface area (Å²) >= 11 is 0. The minimum Gasteiger partial charge on any atom is -0.307 e. The molecule has 21 heavy (non-hydrogen) atoms. The summed E-state index contributed by atoms with van der Waals surface area (Å²) in [6.07, 6.45) is 6.21. The van der Waals surface area contributed by atoms with Crippen molar-refractivity contribution in [2.45, 2.75) is 63.2 Å². The number of piperidine rings is 2. The number of hydrogen-bond donors (Lipinski definition) is 1. The van der Waals surface area contributed by atoms with Gasteiger partial charge in [-0.1, -0.05) is 12.5 Å². The molecule has 0 aliphatic carbocycles. The second-order valence-electron chi connectivity index (χ2n) is 6.63. The first-order chi connectivity index (χ1) is 10.0. The van der Waals surface area contributed by atoms with Gasteiger partial charge in [0.1, 0.15) is 0 Å². The van der Waals surface area contributed by atoms with Gasteiger partial charge in [0.2, 0.25) is 0 Å². The van der Waals surface area contributed by atoms with Gasteiger partial charge in [-0.3, -0.25) is 0 Å². The van der Waals surface area contributed by atoms with Crippen molar-refractivity contribution in [3.63, 3.8) is 0 Å². The van der Waals surface area contributed by atoms with Crippen molar-refractivity contribution in [1.29, 1.82) is 0 Å². The number of nitrogens with zero attached hydrogens (tertiary/aromatic N) is 1. The third-order valence-electron chi connectivity index (χ3n) is 5.27. The zero-order chi connectivity index (χ0) is 15.0. The molecule has 2 nitrogen and oxygen atoms in total. The fourth-order valence-electron chi connectivity index (χ4n) is 3.98. The van der Waals surface area contributed by atoms with Crippen molar-refractivity contribution in [1.82, 2.24) is 10.2 Å². The molecule has 3 atom stereocenters. The highest BCUT2D eigenvalue weighted by molar-refractivity contribution is 5.21. The smallest absolute Gasteiger partial charge is 0.159 e. The van der Waals surface area contributed by atoms with Crippen LogP contribution in [0.1, 0.15) is 50.6 Å². The van der Waals surface area contributed by atoms with Gasteiger partial charge < -0.3 is 10.2 Å². The minimum atomic E-state index is -0.778. The molecule has 3 unspecified atom stereocenters. The predicted octanol–water partition coefficient (Wildman–Crippen LogP) is 3.63. The van der Waals surface area contributed by atoms with E-state index in [0.29, 0.717) is 18.1 Å². The Kier molecular flexibility index (Phi) is 4.27. The van der Waals surface area contributed by atoms with Crippen molar-refractivity contribution in [2.24, 2.45) is 0 Å². The van der Waals surface area contributed by atoms with Crippen molar-refractivity contribution >= 4 is 0 Å². The van der Waals surface area contributed by atoms with Gasteiger partial charge in [0.05, 0.1) is 0 Å². The van der Waals surface area contributed by atoms with Crippen LogP contribution in [0.5, 0.6) is 0 Å². The van der Waals surface area contributed by atoms with E-state index < -0.39 is 11.6 Å². The second kappa shape index (κ2) is 6.01. The summed E-state index contributed by atoms with van der Waals surface area (Å²) < 4.78 is 26.4. The van der Waals surface area contributed by atoms with Gasteiger partial charge in [-0.25, -0.2) is 8.78 Å². The van der Waals surface area contributed by atoms with Gasteiger partial charge >= 0.3 is 0 Å². The molecule has 2 aliphatic heterocycles. The SMILES string of the molecule is CC(NC1CC2CCCC(C1)N2C)c1ccc(F)c(F)c1. The zero-order valence-corrected chi connectivity index (χ0v) is 12.8. The molecule has 0 amide bonds. The molecular weight excluding hydrogens is 270 g/mol.